The molecule has 0 fully saturated rings. The van der Waals surface area contributed by atoms with Gasteiger partial charge in [0.1, 0.15) is 12.4 Å². The second-order valence-corrected chi connectivity index (χ2v) is 8.67. The molecule has 4 nitrogen and oxygen atoms in total. The van der Waals surface area contributed by atoms with Crippen molar-refractivity contribution in [2.45, 2.75) is 32.7 Å². The molecule has 1 aromatic heterocycles. The molecule has 4 rings (SSSR count). The Morgan fingerprint density at radius 3 is 2.45 bits per heavy atom. The van der Waals surface area contributed by atoms with E-state index in [-0.39, 0.29) is 12.4 Å². The molecule has 0 bridgehead atoms. The Balaban J connectivity index is 1.65. The van der Waals surface area contributed by atoms with Gasteiger partial charge >= 0.3 is 6.18 Å². The molecule has 0 amide bonds. The number of anilines is 1. The number of nitrogens with one attached hydrogen (secondary N) is 1. The van der Waals surface area contributed by atoms with Crippen molar-refractivity contribution >= 4 is 32.5 Å². The number of alkyl halides is 3. The highest BCUT2D eigenvalue weighted by Crippen LogP contribution is 2.36. The Hall–Kier alpha value is -3.13. The molecule has 0 radical (unpaired) electrons. The predicted molar refractivity (Wildman–Crippen MR) is 126 cm³/mol. The molecule has 0 unspecified atom stereocenters. The topological polar surface area (TPSA) is 47.0 Å². The molecule has 4 aromatic rings. The minimum Gasteiger partial charge on any atom is -0.489 e. The second-order valence-electron chi connectivity index (χ2n) is 7.75. The van der Waals surface area contributed by atoms with E-state index < -0.39 is 17.8 Å². The number of fused-ring (bicyclic) bond motifs is 1. The normalized spacial score (nSPS) is 12.5. The van der Waals surface area contributed by atoms with E-state index in [1.807, 2.05) is 55.5 Å². The molecule has 1 heterocycles. The fourth-order valence-corrected chi connectivity index (χ4v) is 3.88. The van der Waals surface area contributed by atoms with E-state index in [4.69, 9.17) is 4.74 Å². The summed E-state index contributed by atoms with van der Waals surface area (Å²) in [6.07, 6.45) is -4.50. The van der Waals surface area contributed by atoms with Crippen LogP contribution in [0.15, 0.2) is 71.2 Å². The van der Waals surface area contributed by atoms with Crippen LogP contribution in [0.5, 0.6) is 5.75 Å². The lowest BCUT2D eigenvalue weighted by atomic mass is 10.0. The van der Waals surface area contributed by atoms with Crippen LogP contribution in [-0.2, 0) is 12.8 Å². The van der Waals surface area contributed by atoms with Crippen LogP contribution >= 0.6 is 15.9 Å². The van der Waals surface area contributed by atoms with Crippen LogP contribution in [0.4, 0.5) is 19.0 Å². The smallest absolute Gasteiger partial charge is 0.416 e. The molecule has 0 saturated carbocycles. The van der Waals surface area contributed by atoms with Crippen molar-refractivity contribution in [1.29, 1.82) is 0 Å². The number of ether oxygens (including phenoxy) is 1. The van der Waals surface area contributed by atoms with Crippen molar-refractivity contribution in [2.75, 3.05) is 5.32 Å². The molecule has 0 aliphatic heterocycles. The van der Waals surface area contributed by atoms with Crippen LogP contribution in [0.2, 0.25) is 0 Å². The minimum atomic E-state index is -4.50. The lowest BCUT2D eigenvalue weighted by Crippen LogP contribution is -2.12. The zero-order valence-corrected chi connectivity index (χ0v) is 19.5. The fraction of sp³-hybridized carbons (Fsp3) is 0.200. The number of aryl methyl sites for hydroxylation is 1. The largest absolute Gasteiger partial charge is 0.489 e. The van der Waals surface area contributed by atoms with Gasteiger partial charge in [0.2, 0.25) is 0 Å². The quantitative estimate of drug-likeness (QED) is 0.289. The van der Waals surface area contributed by atoms with Gasteiger partial charge in [0, 0.05) is 15.2 Å². The first kappa shape index (κ1) is 23.0. The van der Waals surface area contributed by atoms with Crippen molar-refractivity contribution in [2.24, 2.45) is 0 Å². The standard InChI is InChI=1S/C25H21BrF3N3O/c1-15(30-24-23-13-20(26)8-9-22(23)16(2)31-32-24)18-10-19(25(27,28)29)12-21(11-18)33-14-17-6-4-3-5-7-17/h3-13,15H,14H2,1-2H3,(H,30,32)/t15-/m1/s1. The lowest BCUT2D eigenvalue weighted by Gasteiger charge is -2.19. The van der Waals surface area contributed by atoms with Crippen molar-refractivity contribution in [3.63, 3.8) is 0 Å². The highest BCUT2D eigenvalue weighted by Gasteiger charge is 2.32. The molecule has 1 N–H and O–H groups in total. The molecule has 0 spiro atoms. The maximum atomic E-state index is 13.6. The number of hydrogen-bond acceptors (Lipinski definition) is 4. The lowest BCUT2D eigenvalue weighted by molar-refractivity contribution is -0.137. The van der Waals surface area contributed by atoms with Crippen LogP contribution in [0.1, 0.15) is 35.3 Å². The van der Waals surface area contributed by atoms with E-state index in [0.717, 1.165) is 38.6 Å². The van der Waals surface area contributed by atoms with E-state index >= 15 is 0 Å². The number of nitrogens with zero attached hydrogens (tertiary/aromatic N) is 2. The molecule has 3 aromatic carbocycles. The molecule has 0 aliphatic rings. The Morgan fingerprint density at radius 2 is 1.73 bits per heavy atom. The third-order valence-corrected chi connectivity index (χ3v) is 5.78. The summed E-state index contributed by atoms with van der Waals surface area (Å²) in [4.78, 5) is 0. The van der Waals surface area contributed by atoms with Gasteiger partial charge in [-0.3, -0.25) is 0 Å². The van der Waals surface area contributed by atoms with Gasteiger partial charge in [-0.1, -0.05) is 52.3 Å². The Morgan fingerprint density at radius 1 is 0.970 bits per heavy atom. The van der Waals surface area contributed by atoms with Crippen LogP contribution < -0.4 is 10.1 Å². The molecule has 33 heavy (non-hydrogen) atoms. The van der Waals surface area contributed by atoms with Crippen molar-refractivity contribution < 1.29 is 17.9 Å². The third kappa shape index (κ3) is 5.45. The highest BCUT2D eigenvalue weighted by molar-refractivity contribution is 9.10. The molecular formula is C25H21BrF3N3O. The van der Waals surface area contributed by atoms with E-state index in [2.05, 4.69) is 31.4 Å². The van der Waals surface area contributed by atoms with E-state index in [9.17, 15) is 13.2 Å². The van der Waals surface area contributed by atoms with Crippen LogP contribution in [-0.4, -0.2) is 10.2 Å². The van der Waals surface area contributed by atoms with Crippen molar-refractivity contribution in [1.82, 2.24) is 10.2 Å². The summed E-state index contributed by atoms with van der Waals surface area (Å²) in [5.41, 5.74) is 1.30. The molecule has 170 valence electrons. The van der Waals surface area contributed by atoms with Gasteiger partial charge < -0.3 is 10.1 Å². The average Bonchev–Trinajstić information content (AvgIpc) is 2.79. The number of hydrogen-bond donors (Lipinski definition) is 1. The first-order valence-electron chi connectivity index (χ1n) is 10.3. The first-order valence-corrected chi connectivity index (χ1v) is 11.1. The Labute approximate surface area is 197 Å². The number of rotatable bonds is 6. The fourth-order valence-electron chi connectivity index (χ4n) is 3.52. The summed E-state index contributed by atoms with van der Waals surface area (Å²) in [6.45, 7) is 3.81. The Kier molecular flexibility index (Phi) is 6.56. The SMILES string of the molecule is Cc1nnc(N[C@H](C)c2cc(OCc3ccccc3)cc(C(F)(F)F)c2)c2cc(Br)ccc12. The summed E-state index contributed by atoms with van der Waals surface area (Å²) >= 11 is 3.46. The minimum absolute atomic E-state index is 0.153. The van der Waals surface area contributed by atoms with Crippen molar-refractivity contribution in [3.8, 4) is 5.75 Å². The van der Waals surface area contributed by atoms with E-state index in [0.29, 0.717) is 11.4 Å². The second kappa shape index (κ2) is 9.39. The molecule has 0 aliphatic carbocycles. The van der Waals surface area contributed by atoms with E-state index in [1.54, 1.807) is 13.0 Å². The van der Waals surface area contributed by atoms with Gasteiger partial charge in [0.05, 0.1) is 17.3 Å². The van der Waals surface area contributed by atoms with Gasteiger partial charge in [-0.05, 0) is 55.3 Å². The molecular weight excluding hydrogens is 495 g/mol. The summed E-state index contributed by atoms with van der Waals surface area (Å²) in [6, 6.07) is 18.3. The number of aromatic nitrogens is 2. The maximum Gasteiger partial charge on any atom is 0.416 e. The summed E-state index contributed by atoms with van der Waals surface area (Å²) < 4.78 is 47.4. The summed E-state index contributed by atoms with van der Waals surface area (Å²) in [5.74, 6) is 0.647. The average molecular weight is 516 g/mol. The van der Waals surface area contributed by atoms with E-state index in [1.165, 1.54) is 0 Å². The predicted octanol–water partition coefficient (Wildman–Crippen LogP) is 7.47. The number of benzene rings is 3. The zero-order chi connectivity index (χ0) is 23.6. The highest BCUT2D eigenvalue weighted by atomic mass is 79.9. The molecule has 1 atom stereocenters. The van der Waals surface area contributed by atoms with Gasteiger partial charge in [0.15, 0.2) is 5.82 Å². The third-order valence-electron chi connectivity index (χ3n) is 5.28. The monoisotopic (exact) mass is 515 g/mol. The van der Waals surface area contributed by atoms with Gasteiger partial charge in [-0.15, -0.1) is 5.10 Å². The number of halogens is 4. The summed E-state index contributed by atoms with van der Waals surface area (Å²) in [5, 5.41) is 13.4. The van der Waals surface area contributed by atoms with Crippen LogP contribution in [0.25, 0.3) is 10.8 Å². The zero-order valence-electron chi connectivity index (χ0n) is 17.9. The van der Waals surface area contributed by atoms with Gasteiger partial charge in [0.25, 0.3) is 0 Å². The van der Waals surface area contributed by atoms with Gasteiger partial charge in [-0.25, -0.2) is 0 Å². The Bertz CT molecular complexity index is 1280. The van der Waals surface area contributed by atoms with Gasteiger partial charge in [-0.2, -0.15) is 18.3 Å². The maximum absolute atomic E-state index is 13.6. The van der Waals surface area contributed by atoms with Crippen molar-refractivity contribution in [3.05, 3.63) is 93.6 Å². The molecule has 8 heteroatoms. The summed E-state index contributed by atoms with van der Waals surface area (Å²) in [7, 11) is 0. The molecule has 0 saturated heterocycles. The van der Waals surface area contributed by atoms with Crippen LogP contribution in [0, 0.1) is 6.92 Å². The van der Waals surface area contributed by atoms with Crippen LogP contribution in [0.3, 0.4) is 0 Å². The first-order chi connectivity index (χ1) is 15.7.